The fraction of sp³-hybridized carbons (Fsp3) is 0.273. The molecule has 0 spiro atoms. The number of nitrogens with zero attached hydrogens (tertiary/aromatic N) is 8. The summed E-state index contributed by atoms with van der Waals surface area (Å²) in [7, 11) is 7.57. The van der Waals surface area contributed by atoms with Crippen molar-refractivity contribution in [1.29, 1.82) is 0 Å². The summed E-state index contributed by atoms with van der Waals surface area (Å²) >= 11 is 0. The second-order valence-corrected chi connectivity index (χ2v) is 8.08. The van der Waals surface area contributed by atoms with Crippen molar-refractivity contribution >= 4 is 22.4 Å². The van der Waals surface area contributed by atoms with Crippen LogP contribution >= 0.6 is 0 Å². The van der Waals surface area contributed by atoms with E-state index in [9.17, 15) is 4.79 Å². The highest BCUT2D eigenvalue weighted by Crippen LogP contribution is 2.32. The van der Waals surface area contributed by atoms with Gasteiger partial charge in [0.25, 0.3) is 0 Å². The molecule has 9 nitrogen and oxygen atoms in total. The van der Waals surface area contributed by atoms with E-state index in [-0.39, 0.29) is 5.69 Å². The minimum atomic E-state index is -0.0551. The first-order valence-electron chi connectivity index (χ1n) is 10.0. The maximum Gasteiger partial charge on any atom is 0.328 e. The van der Waals surface area contributed by atoms with Crippen LogP contribution in [0, 0.1) is 13.8 Å². The zero-order valence-electron chi connectivity index (χ0n) is 18.5. The largest absolute Gasteiger partial charge is 0.376 e. The van der Waals surface area contributed by atoms with Crippen LogP contribution in [-0.4, -0.2) is 47.4 Å². The topological polar surface area (TPSA) is 78.2 Å². The van der Waals surface area contributed by atoms with Crippen molar-refractivity contribution in [3.05, 3.63) is 58.7 Å². The number of anilines is 1. The van der Waals surface area contributed by atoms with E-state index in [0.717, 1.165) is 50.8 Å². The van der Waals surface area contributed by atoms with Crippen LogP contribution in [0.15, 0.2) is 41.6 Å². The van der Waals surface area contributed by atoms with E-state index in [2.05, 4.69) is 10.1 Å². The van der Waals surface area contributed by atoms with Gasteiger partial charge in [0.05, 0.1) is 34.2 Å². The van der Waals surface area contributed by atoms with E-state index in [1.54, 1.807) is 35.6 Å². The van der Waals surface area contributed by atoms with Crippen molar-refractivity contribution in [2.24, 2.45) is 14.1 Å². The second-order valence-electron chi connectivity index (χ2n) is 8.08. The summed E-state index contributed by atoms with van der Waals surface area (Å²) in [6.45, 7) is 3.99. The zero-order valence-corrected chi connectivity index (χ0v) is 18.5. The molecule has 0 aliphatic carbocycles. The molecule has 4 aromatic heterocycles. The Kier molecular flexibility index (Phi) is 4.04. The molecule has 0 unspecified atom stereocenters. The van der Waals surface area contributed by atoms with E-state index < -0.39 is 0 Å². The van der Waals surface area contributed by atoms with Crippen LogP contribution in [0.25, 0.3) is 33.8 Å². The zero-order chi connectivity index (χ0) is 22.0. The molecule has 31 heavy (non-hydrogen) atoms. The van der Waals surface area contributed by atoms with Gasteiger partial charge < -0.3 is 4.90 Å². The highest BCUT2D eigenvalue weighted by molar-refractivity contribution is 5.87. The van der Waals surface area contributed by atoms with Gasteiger partial charge in [-0.1, -0.05) is 0 Å². The minimum absolute atomic E-state index is 0.0551. The Labute approximate surface area is 178 Å². The third kappa shape index (κ3) is 2.69. The summed E-state index contributed by atoms with van der Waals surface area (Å²) in [6, 6.07) is 6.08. The SMILES string of the molecule is Cc1cc(C)n2ncc(-c3nccn3-c3cc4c(cc3N(C)C)n(C)c(=O)n4C)c2n1. The molecular formula is C22H24N8O. The van der Waals surface area contributed by atoms with Gasteiger partial charge in [-0.2, -0.15) is 5.10 Å². The van der Waals surface area contributed by atoms with Gasteiger partial charge in [-0.15, -0.1) is 0 Å². The molecule has 158 valence electrons. The van der Waals surface area contributed by atoms with Crippen molar-refractivity contribution in [3.63, 3.8) is 0 Å². The van der Waals surface area contributed by atoms with Gasteiger partial charge in [0.15, 0.2) is 5.65 Å². The predicted octanol–water partition coefficient (Wildman–Crippen LogP) is 2.46. The Hall–Kier alpha value is -3.88. The molecule has 0 saturated carbocycles. The van der Waals surface area contributed by atoms with E-state index in [1.165, 1.54) is 0 Å². The summed E-state index contributed by atoms with van der Waals surface area (Å²) in [5, 5.41) is 4.53. The number of benzene rings is 1. The summed E-state index contributed by atoms with van der Waals surface area (Å²) in [4.78, 5) is 23.9. The highest BCUT2D eigenvalue weighted by Gasteiger charge is 2.20. The number of rotatable bonds is 3. The summed E-state index contributed by atoms with van der Waals surface area (Å²) < 4.78 is 7.20. The second kappa shape index (κ2) is 6.56. The number of aryl methyl sites for hydroxylation is 4. The van der Waals surface area contributed by atoms with Crippen molar-refractivity contribution in [3.8, 4) is 17.1 Å². The van der Waals surface area contributed by atoms with E-state index in [1.807, 2.05) is 66.3 Å². The number of fused-ring (bicyclic) bond motifs is 2. The summed E-state index contributed by atoms with van der Waals surface area (Å²) in [5.41, 5.74) is 7.15. The van der Waals surface area contributed by atoms with Crippen LogP contribution in [0.2, 0.25) is 0 Å². The van der Waals surface area contributed by atoms with E-state index >= 15 is 0 Å². The van der Waals surface area contributed by atoms with Gasteiger partial charge in [0.1, 0.15) is 5.82 Å². The number of hydrogen-bond acceptors (Lipinski definition) is 5. The van der Waals surface area contributed by atoms with Gasteiger partial charge in [-0.25, -0.2) is 19.3 Å². The summed E-state index contributed by atoms with van der Waals surface area (Å²) in [6.07, 6.45) is 5.51. The molecule has 0 radical (unpaired) electrons. The Morgan fingerprint density at radius 3 is 2.42 bits per heavy atom. The molecule has 4 heterocycles. The van der Waals surface area contributed by atoms with Crippen LogP contribution in [0.4, 0.5) is 5.69 Å². The lowest BCUT2D eigenvalue weighted by molar-refractivity contribution is 0.795. The van der Waals surface area contributed by atoms with Crippen LogP contribution in [0.3, 0.4) is 0 Å². The van der Waals surface area contributed by atoms with Crippen molar-refractivity contribution in [2.45, 2.75) is 13.8 Å². The van der Waals surface area contributed by atoms with Gasteiger partial charge in [0, 0.05) is 52.0 Å². The predicted molar refractivity (Wildman–Crippen MR) is 121 cm³/mol. The average molecular weight is 416 g/mol. The highest BCUT2D eigenvalue weighted by atomic mass is 16.1. The maximum absolute atomic E-state index is 12.5. The first-order chi connectivity index (χ1) is 14.8. The fourth-order valence-electron chi connectivity index (χ4n) is 4.20. The molecule has 0 amide bonds. The number of imidazole rings is 2. The molecule has 0 fully saturated rings. The van der Waals surface area contributed by atoms with Gasteiger partial charge in [0.2, 0.25) is 0 Å². The molecule has 0 N–H and O–H groups in total. The molecule has 0 aliphatic rings. The lowest BCUT2D eigenvalue weighted by atomic mass is 10.2. The van der Waals surface area contributed by atoms with E-state index in [4.69, 9.17) is 4.98 Å². The third-order valence-corrected chi connectivity index (χ3v) is 5.77. The molecule has 9 heteroatoms. The first kappa shape index (κ1) is 19.1. The van der Waals surface area contributed by atoms with Crippen LogP contribution in [0.1, 0.15) is 11.4 Å². The standard InChI is InChI=1S/C22H24N8O/c1-13-9-14(2)30-21(25-13)15(12-24-30)20-23-7-8-29(20)19-11-18-17(10-16(19)26(3)4)27(5)22(31)28(18)6/h7-12H,1-6H3. The molecular weight excluding hydrogens is 392 g/mol. The molecule has 0 bridgehead atoms. The Bertz CT molecular complexity index is 1530. The quantitative estimate of drug-likeness (QED) is 0.452. The Morgan fingerprint density at radius 1 is 1.00 bits per heavy atom. The average Bonchev–Trinajstić information content (AvgIpc) is 3.41. The van der Waals surface area contributed by atoms with Crippen LogP contribution < -0.4 is 10.6 Å². The third-order valence-electron chi connectivity index (χ3n) is 5.77. The van der Waals surface area contributed by atoms with E-state index in [0.29, 0.717) is 0 Å². The Morgan fingerprint density at radius 2 is 1.71 bits per heavy atom. The Balaban J connectivity index is 1.81. The number of hydrogen-bond donors (Lipinski definition) is 0. The van der Waals surface area contributed by atoms with Gasteiger partial charge >= 0.3 is 5.69 Å². The monoisotopic (exact) mass is 416 g/mol. The fourth-order valence-corrected chi connectivity index (χ4v) is 4.20. The molecule has 1 aromatic carbocycles. The first-order valence-corrected chi connectivity index (χ1v) is 10.0. The molecule has 5 aromatic rings. The molecule has 0 atom stereocenters. The van der Waals surface area contributed by atoms with Crippen molar-refractivity contribution in [1.82, 2.24) is 33.3 Å². The van der Waals surface area contributed by atoms with Gasteiger partial charge in [-0.3, -0.25) is 13.7 Å². The van der Waals surface area contributed by atoms with Crippen molar-refractivity contribution in [2.75, 3.05) is 19.0 Å². The smallest absolute Gasteiger partial charge is 0.328 e. The van der Waals surface area contributed by atoms with Gasteiger partial charge in [-0.05, 0) is 32.0 Å². The number of aromatic nitrogens is 7. The minimum Gasteiger partial charge on any atom is -0.376 e. The van der Waals surface area contributed by atoms with Crippen molar-refractivity contribution < 1.29 is 0 Å². The lowest BCUT2D eigenvalue weighted by Gasteiger charge is -2.20. The normalized spacial score (nSPS) is 11.7. The maximum atomic E-state index is 12.5. The van der Waals surface area contributed by atoms with Crippen LogP contribution in [-0.2, 0) is 14.1 Å². The lowest BCUT2D eigenvalue weighted by Crippen LogP contribution is -2.19. The molecule has 0 aliphatic heterocycles. The van der Waals surface area contributed by atoms with Crippen LogP contribution in [0.5, 0.6) is 0 Å². The molecule has 5 rings (SSSR count). The summed E-state index contributed by atoms with van der Waals surface area (Å²) in [5.74, 6) is 0.746. The molecule has 0 saturated heterocycles.